The van der Waals surface area contributed by atoms with Crippen LogP contribution < -0.4 is 4.90 Å². The summed E-state index contributed by atoms with van der Waals surface area (Å²) in [6.07, 6.45) is 1.15. The first-order chi connectivity index (χ1) is 9.79. The van der Waals surface area contributed by atoms with Gasteiger partial charge in [0, 0.05) is 26.2 Å². The Bertz CT molecular complexity index is 455. The summed E-state index contributed by atoms with van der Waals surface area (Å²) in [5.41, 5.74) is 0. The maximum absolute atomic E-state index is 8.47. The summed E-state index contributed by atoms with van der Waals surface area (Å²) in [6.45, 7) is 5.25. The van der Waals surface area contributed by atoms with Gasteiger partial charge in [-0.25, -0.2) is 4.98 Å². The molecule has 1 saturated heterocycles. The molecule has 1 fully saturated rings. The van der Waals surface area contributed by atoms with Gasteiger partial charge in [-0.05, 0) is 30.9 Å². The molecule has 1 aromatic rings. The normalized spacial score (nSPS) is 16.1. The summed E-state index contributed by atoms with van der Waals surface area (Å²) in [5.74, 6) is 2.65. The van der Waals surface area contributed by atoms with Crippen LogP contribution in [0.1, 0.15) is 6.42 Å². The van der Waals surface area contributed by atoms with Gasteiger partial charge in [0.15, 0.2) is 0 Å². The fourth-order valence-corrected chi connectivity index (χ4v) is 3.01. The number of pyridine rings is 1. The van der Waals surface area contributed by atoms with E-state index in [9.17, 15) is 0 Å². The van der Waals surface area contributed by atoms with Gasteiger partial charge in [-0.15, -0.1) is 11.8 Å². The Morgan fingerprint density at radius 3 is 2.80 bits per heavy atom. The second-order valence-corrected chi connectivity index (χ2v) is 6.20. The van der Waals surface area contributed by atoms with Gasteiger partial charge in [-0.2, -0.15) is 5.26 Å². The number of anilines is 1. The lowest BCUT2D eigenvalue weighted by Gasteiger charge is -2.35. The number of hydrogen-bond acceptors (Lipinski definition) is 5. The molecule has 0 unspecified atom stereocenters. The second kappa shape index (κ2) is 8.35. The van der Waals surface area contributed by atoms with Crippen molar-refractivity contribution in [2.24, 2.45) is 0 Å². The molecular weight excluding hydrogens is 292 g/mol. The van der Waals surface area contributed by atoms with Crippen LogP contribution in [0.3, 0.4) is 0 Å². The average Bonchev–Trinajstić information content (AvgIpc) is 2.48. The Balaban J connectivity index is 1.69. The minimum atomic E-state index is 0.555. The van der Waals surface area contributed by atoms with Gasteiger partial charge >= 0.3 is 0 Å². The van der Waals surface area contributed by atoms with Crippen LogP contribution in [-0.2, 0) is 0 Å². The summed E-state index contributed by atoms with van der Waals surface area (Å²) >= 11 is 7.65. The first-order valence-corrected chi connectivity index (χ1v) is 8.37. The predicted molar refractivity (Wildman–Crippen MR) is 85.5 cm³/mol. The lowest BCUT2D eigenvalue weighted by atomic mass is 10.3. The Kier molecular flexibility index (Phi) is 6.44. The number of hydrogen-bond donors (Lipinski definition) is 0. The highest BCUT2D eigenvalue weighted by molar-refractivity contribution is 7.99. The zero-order valence-corrected chi connectivity index (χ0v) is 13.0. The Labute approximate surface area is 129 Å². The van der Waals surface area contributed by atoms with Crippen LogP contribution in [0.5, 0.6) is 0 Å². The van der Waals surface area contributed by atoms with Crippen LogP contribution in [0, 0.1) is 11.3 Å². The molecule has 1 aromatic heterocycles. The van der Waals surface area contributed by atoms with Crippen molar-refractivity contribution in [3.63, 3.8) is 0 Å². The van der Waals surface area contributed by atoms with Gasteiger partial charge in [-0.3, -0.25) is 4.90 Å². The summed E-state index contributed by atoms with van der Waals surface area (Å²) in [5, 5.41) is 9.02. The van der Waals surface area contributed by atoms with Crippen molar-refractivity contribution < 1.29 is 0 Å². The number of piperazine rings is 1. The second-order valence-electron chi connectivity index (χ2n) is 4.71. The average molecular weight is 311 g/mol. The van der Waals surface area contributed by atoms with Gasteiger partial charge in [0.1, 0.15) is 11.0 Å². The minimum absolute atomic E-state index is 0.555. The maximum Gasteiger partial charge on any atom is 0.131 e. The molecule has 0 spiro atoms. The zero-order valence-electron chi connectivity index (χ0n) is 11.5. The summed E-state index contributed by atoms with van der Waals surface area (Å²) < 4.78 is 0. The first-order valence-electron chi connectivity index (χ1n) is 6.84. The molecule has 1 aliphatic rings. The molecule has 1 aliphatic heterocycles. The van der Waals surface area contributed by atoms with E-state index in [-0.39, 0.29) is 0 Å². The molecule has 0 radical (unpaired) electrons. The molecule has 0 aromatic carbocycles. The van der Waals surface area contributed by atoms with Crippen molar-refractivity contribution in [2.75, 3.05) is 49.1 Å². The van der Waals surface area contributed by atoms with Crippen LogP contribution in [0.2, 0.25) is 5.15 Å². The lowest BCUT2D eigenvalue weighted by Crippen LogP contribution is -2.47. The number of halogens is 1. The summed E-state index contributed by atoms with van der Waals surface area (Å²) in [4.78, 5) is 9.12. The third kappa shape index (κ3) is 4.86. The highest BCUT2D eigenvalue weighted by atomic mass is 35.5. The van der Waals surface area contributed by atoms with Crippen molar-refractivity contribution in [1.29, 1.82) is 5.26 Å². The largest absolute Gasteiger partial charge is 0.354 e. The van der Waals surface area contributed by atoms with Crippen molar-refractivity contribution in [2.45, 2.75) is 6.42 Å². The van der Waals surface area contributed by atoms with Gasteiger partial charge in [0.2, 0.25) is 0 Å². The molecule has 0 N–H and O–H groups in total. The number of thioether (sulfide) groups is 1. The summed E-state index contributed by atoms with van der Waals surface area (Å²) in [7, 11) is 0. The quantitative estimate of drug-likeness (QED) is 0.596. The van der Waals surface area contributed by atoms with Gasteiger partial charge < -0.3 is 4.90 Å². The minimum Gasteiger partial charge on any atom is -0.354 e. The van der Waals surface area contributed by atoms with E-state index in [2.05, 4.69) is 20.9 Å². The van der Waals surface area contributed by atoms with E-state index in [1.165, 1.54) is 0 Å². The van der Waals surface area contributed by atoms with E-state index < -0.39 is 0 Å². The van der Waals surface area contributed by atoms with Gasteiger partial charge in [0.05, 0.1) is 11.8 Å². The molecule has 0 saturated carbocycles. The maximum atomic E-state index is 8.47. The van der Waals surface area contributed by atoms with Gasteiger partial charge in [0.25, 0.3) is 0 Å². The van der Waals surface area contributed by atoms with Crippen LogP contribution in [0.4, 0.5) is 5.82 Å². The Morgan fingerprint density at radius 1 is 1.30 bits per heavy atom. The van der Waals surface area contributed by atoms with E-state index in [0.29, 0.717) is 10.9 Å². The molecule has 2 heterocycles. The standard InChI is InChI=1S/C14H19ClN4S/c15-13-3-1-4-14(17-13)19-9-7-18(8-10-19)6-2-11-20-12-5-16/h1,3-4H,2,6-12H2. The monoisotopic (exact) mass is 310 g/mol. The molecule has 4 nitrogen and oxygen atoms in total. The fourth-order valence-electron chi connectivity index (χ4n) is 2.28. The zero-order chi connectivity index (χ0) is 14.2. The van der Waals surface area contributed by atoms with Gasteiger partial charge in [-0.1, -0.05) is 17.7 Å². The van der Waals surface area contributed by atoms with E-state index in [1.807, 2.05) is 12.1 Å². The van der Waals surface area contributed by atoms with Crippen LogP contribution in [0.25, 0.3) is 0 Å². The van der Waals surface area contributed by atoms with Crippen molar-refractivity contribution in [1.82, 2.24) is 9.88 Å². The molecular formula is C14H19ClN4S. The number of rotatable bonds is 6. The molecule has 0 aliphatic carbocycles. The van der Waals surface area contributed by atoms with E-state index in [4.69, 9.17) is 16.9 Å². The molecule has 0 atom stereocenters. The molecule has 2 rings (SSSR count). The highest BCUT2D eigenvalue weighted by Crippen LogP contribution is 2.16. The van der Waals surface area contributed by atoms with E-state index in [0.717, 1.165) is 50.7 Å². The predicted octanol–water partition coefficient (Wildman–Crippen LogP) is 2.50. The smallest absolute Gasteiger partial charge is 0.131 e. The lowest BCUT2D eigenvalue weighted by molar-refractivity contribution is 0.258. The number of nitrogens with zero attached hydrogens (tertiary/aromatic N) is 4. The van der Waals surface area contributed by atoms with E-state index >= 15 is 0 Å². The number of nitriles is 1. The van der Waals surface area contributed by atoms with Crippen LogP contribution >= 0.6 is 23.4 Å². The Morgan fingerprint density at radius 2 is 2.10 bits per heavy atom. The van der Waals surface area contributed by atoms with Crippen molar-refractivity contribution in [3.05, 3.63) is 23.4 Å². The first kappa shape index (κ1) is 15.4. The highest BCUT2D eigenvalue weighted by Gasteiger charge is 2.17. The van der Waals surface area contributed by atoms with E-state index in [1.54, 1.807) is 17.8 Å². The molecule has 6 heteroatoms. The van der Waals surface area contributed by atoms with Crippen LogP contribution in [0.15, 0.2) is 18.2 Å². The van der Waals surface area contributed by atoms with Crippen LogP contribution in [-0.4, -0.2) is 54.1 Å². The molecule has 0 bridgehead atoms. The number of aromatic nitrogens is 1. The third-order valence-electron chi connectivity index (χ3n) is 3.33. The molecule has 0 amide bonds. The van der Waals surface area contributed by atoms with Crippen molar-refractivity contribution in [3.8, 4) is 6.07 Å². The molecule has 20 heavy (non-hydrogen) atoms. The topological polar surface area (TPSA) is 43.2 Å². The Hall–Kier alpha value is -0.960. The SMILES string of the molecule is N#CCSCCCN1CCN(c2cccc(Cl)n2)CC1. The fraction of sp³-hybridized carbons (Fsp3) is 0.571. The molecule has 108 valence electrons. The summed E-state index contributed by atoms with van der Waals surface area (Å²) in [6, 6.07) is 7.93. The third-order valence-corrected chi connectivity index (χ3v) is 4.45. The van der Waals surface area contributed by atoms with Crippen molar-refractivity contribution >= 4 is 29.2 Å².